The summed E-state index contributed by atoms with van der Waals surface area (Å²) in [6.45, 7) is 5.45. The second-order valence-electron chi connectivity index (χ2n) is 7.48. The molecule has 0 saturated heterocycles. The van der Waals surface area contributed by atoms with E-state index in [9.17, 15) is 13.2 Å². The Hall–Kier alpha value is -2.45. The number of halogens is 1. The molecule has 7 nitrogen and oxygen atoms in total. The summed E-state index contributed by atoms with van der Waals surface area (Å²) in [4.78, 5) is 12.5. The molecule has 2 amide bonds. The molecule has 1 heterocycles. The van der Waals surface area contributed by atoms with Gasteiger partial charge in [0.1, 0.15) is 11.4 Å². The Balaban J connectivity index is 1.82. The fourth-order valence-corrected chi connectivity index (χ4v) is 3.91. The predicted octanol–water partition coefficient (Wildman–Crippen LogP) is 4.53. The molecular formula is C20H24ClN3O4S. The summed E-state index contributed by atoms with van der Waals surface area (Å²) in [5.41, 5.74) is 1.27. The van der Waals surface area contributed by atoms with Crippen LogP contribution in [0, 0.1) is 0 Å². The summed E-state index contributed by atoms with van der Waals surface area (Å²) >= 11 is 5.87. The average Bonchev–Trinajstić information content (AvgIpc) is 2.63. The minimum Gasteiger partial charge on any atom is -0.487 e. The van der Waals surface area contributed by atoms with Crippen LogP contribution in [-0.4, -0.2) is 25.8 Å². The van der Waals surface area contributed by atoms with E-state index < -0.39 is 15.6 Å². The van der Waals surface area contributed by atoms with Gasteiger partial charge in [-0.05, 0) is 63.2 Å². The number of nitrogens with one attached hydrogen (secondary N) is 3. The first kappa shape index (κ1) is 21.3. The van der Waals surface area contributed by atoms with Crippen LogP contribution in [0.3, 0.4) is 0 Å². The van der Waals surface area contributed by atoms with E-state index >= 15 is 0 Å². The number of benzene rings is 2. The van der Waals surface area contributed by atoms with Crippen molar-refractivity contribution in [2.75, 3.05) is 15.8 Å². The standard InChI is InChI=1S/C20H24ClN3O4S/c1-4-29(26,27)24-15-9-10-18-16(11-15)17(12-20(2,3)28-18)23-19(25)22-14-7-5-13(21)6-8-14/h5-11,17,24H,4,12H2,1-3H3,(H2,22,23,25). The average molecular weight is 438 g/mol. The van der Waals surface area contributed by atoms with Crippen molar-refractivity contribution in [3.63, 3.8) is 0 Å². The van der Waals surface area contributed by atoms with Crippen LogP contribution in [0.5, 0.6) is 5.75 Å². The van der Waals surface area contributed by atoms with Gasteiger partial charge in [-0.3, -0.25) is 4.72 Å². The molecule has 2 aromatic rings. The first-order valence-electron chi connectivity index (χ1n) is 9.23. The van der Waals surface area contributed by atoms with Crippen molar-refractivity contribution < 1.29 is 17.9 Å². The van der Waals surface area contributed by atoms with Crippen molar-refractivity contribution in [1.82, 2.24) is 5.32 Å². The lowest BCUT2D eigenvalue weighted by Gasteiger charge is -2.38. The summed E-state index contributed by atoms with van der Waals surface area (Å²) in [7, 11) is -3.41. The summed E-state index contributed by atoms with van der Waals surface area (Å²) in [6.07, 6.45) is 0.526. The lowest BCUT2D eigenvalue weighted by atomic mass is 9.89. The molecule has 1 atom stereocenters. The molecule has 3 N–H and O–H groups in total. The molecular weight excluding hydrogens is 414 g/mol. The third-order valence-electron chi connectivity index (χ3n) is 4.53. The largest absolute Gasteiger partial charge is 0.487 e. The Morgan fingerprint density at radius 3 is 2.48 bits per heavy atom. The molecule has 29 heavy (non-hydrogen) atoms. The van der Waals surface area contributed by atoms with E-state index in [0.717, 1.165) is 0 Å². The highest BCUT2D eigenvalue weighted by molar-refractivity contribution is 7.92. The lowest BCUT2D eigenvalue weighted by molar-refractivity contribution is 0.0683. The van der Waals surface area contributed by atoms with E-state index in [1.54, 1.807) is 49.4 Å². The zero-order valence-electron chi connectivity index (χ0n) is 16.5. The lowest BCUT2D eigenvalue weighted by Crippen LogP contribution is -2.42. The normalized spacial score (nSPS) is 17.6. The molecule has 2 aromatic carbocycles. The molecule has 9 heteroatoms. The zero-order chi connectivity index (χ0) is 21.2. The van der Waals surface area contributed by atoms with Gasteiger partial charge in [0.2, 0.25) is 10.0 Å². The number of fused-ring (bicyclic) bond motifs is 1. The highest BCUT2D eigenvalue weighted by Crippen LogP contribution is 2.40. The molecule has 0 aliphatic carbocycles. The summed E-state index contributed by atoms with van der Waals surface area (Å²) in [5, 5.41) is 6.31. The van der Waals surface area contributed by atoms with E-state index in [4.69, 9.17) is 16.3 Å². The number of amides is 2. The maximum atomic E-state index is 12.5. The van der Waals surface area contributed by atoms with Crippen LogP contribution in [0.15, 0.2) is 42.5 Å². The van der Waals surface area contributed by atoms with Crippen molar-refractivity contribution in [3.8, 4) is 5.75 Å². The van der Waals surface area contributed by atoms with Crippen LogP contribution >= 0.6 is 11.6 Å². The number of carbonyl (C=O) groups excluding carboxylic acids is 1. The van der Waals surface area contributed by atoms with Gasteiger partial charge in [0.05, 0.1) is 11.8 Å². The number of hydrogen-bond donors (Lipinski definition) is 3. The number of carbonyl (C=O) groups is 1. The Morgan fingerprint density at radius 2 is 1.83 bits per heavy atom. The fraction of sp³-hybridized carbons (Fsp3) is 0.350. The Morgan fingerprint density at radius 1 is 1.17 bits per heavy atom. The van der Waals surface area contributed by atoms with Crippen molar-refractivity contribution >= 4 is 39.0 Å². The third kappa shape index (κ3) is 5.55. The van der Waals surface area contributed by atoms with Crippen LogP contribution in [0.1, 0.15) is 38.8 Å². The number of anilines is 2. The Bertz CT molecular complexity index is 1010. The van der Waals surface area contributed by atoms with Gasteiger partial charge in [-0.25, -0.2) is 13.2 Å². The smallest absolute Gasteiger partial charge is 0.319 e. The predicted molar refractivity (Wildman–Crippen MR) is 115 cm³/mol. The van der Waals surface area contributed by atoms with Gasteiger partial charge in [-0.1, -0.05) is 11.6 Å². The quantitative estimate of drug-likeness (QED) is 0.640. The highest BCUT2D eigenvalue weighted by Gasteiger charge is 2.35. The molecule has 0 fully saturated rings. The van der Waals surface area contributed by atoms with Crippen molar-refractivity contribution in [1.29, 1.82) is 0 Å². The monoisotopic (exact) mass is 437 g/mol. The number of ether oxygens (including phenoxy) is 1. The molecule has 0 bridgehead atoms. The maximum absolute atomic E-state index is 12.5. The van der Waals surface area contributed by atoms with Gasteiger partial charge in [-0.15, -0.1) is 0 Å². The summed E-state index contributed by atoms with van der Waals surface area (Å²) in [6, 6.07) is 11.1. The first-order chi connectivity index (χ1) is 13.6. The molecule has 0 aromatic heterocycles. The maximum Gasteiger partial charge on any atom is 0.319 e. The second-order valence-corrected chi connectivity index (χ2v) is 9.93. The van der Waals surface area contributed by atoms with Gasteiger partial charge in [0, 0.05) is 28.4 Å². The molecule has 1 unspecified atom stereocenters. The van der Waals surface area contributed by atoms with Crippen molar-refractivity contribution in [2.45, 2.75) is 38.8 Å². The summed E-state index contributed by atoms with van der Waals surface area (Å²) < 4.78 is 32.3. The fourth-order valence-electron chi connectivity index (χ4n) is 3.16. The molecule has 156 valence electrons. The topological polar surface area (TPSA) is 96.5 Å². The number of sulfonamides is 1. The van der Waals surface area contributed by atoms with Crippen LogP contribution in [-0.2, 0) is 10.0 Å². The van der Waals surface area contributed by atoms with Crippen molar-refractivity contribution in [2.24, 2.45) is 0 Å². The second kappa shape index (κ2) is 8.12. The van der Waals surface area contributed by atoms with Gasteiger partial charge in [0.25, 0.3) is 0 Å². The van der Waals surface area contributed by atoms with Gasteiger partial charge in [-0.2, -0.15) is 0 Å². The molecule has 3 rings (SSSR count). The van der Waals surface area contributed by atoms with E-state index in [-0.39, 0.29) is 17.8 Å². The van der Waals surface area contributed by atoms with Gasteiger partial charge < -0.3 is 15.4 Å². The van der Waals surface area contributed by atoms with Gasteiger partial charge >= 0.3 is 6.03 Å². The molecule has 1 aliphatic rings. The van der Waals surface area contributed by atoms with Crippen molar-refractivity contribution in [3.05, 3.63) is 53.1 Å². The minimum atomic E-state index is -3.41. The number of hydrogen-bond acceptors (Lipinski definition) is 4. The first-order valence-corrected chi connectivity index (χ1v) is 11.3. The van der Waals surface area contributed by atoms with Crippen LogP contribution in [0.2, 0.25) is 5.02 Å². The van der Waals surface area contributed by atoms with Gasteiger partial charge in [0.15, 0.2) is 0 Å². The van der Waals surface area contributed by atoms with E-state index in [0.29, 0.717) is 34.1 Å². The molecule has 1 aliphatic heterocycles. The van der Waals surface area contributed by atoms with E-state index in [1.165, 1.54) is 0 Å². The molecule has 0 radical (unpaired) electrons. The van der Waals surface area contributed by atoms with E-state index in [1.807, 2.05) is 13.8 Å². The number of urea groups is 1. The molecule has 0 spiro atoms. The third-order valence-corrected chi connectivity index (χ3v) is 6.09. The summed E-state index contributed by atoms with van der Waals surface area (Å²) in [5.74, 6) is 0.580. The number of rotatable bonds is 5. The SMILES string of the molecule is CCS(=O)(=O)Nc1ccc2c(c1)C(NC(=O)Nc1ccc(Cl)cc1)CC(C)(C)O2. The minimum absolute atomic E-state index is 0.0290. The Labute approximate surface area is 175 Å². The zero-order valence-corrected chi connectivity index (χ0v) is 18.0. The molecule has 0 saturated carbocycles. The Kier molecular flexibility index (Phi) is 5.95. The van der Waals surface area contributed by atoms with Crippen LogP contribution < -0.4 is 20.1 Å². The van der Waals surface area contributed by atoms with Crippen LogP contribution in [0.4, 0.5) is 16.2 Å². The van der Waals surface area contributed by atoms with Crippen LogP contribution in [0.25, 0.3) is 0 Å². The highest BCUT2D eigenvalue weighted by atomic mass is 35.5. The van der Waals surface area contributed by atoms with E-state index in [2.05, 4.69) is 15.4 Å².